The number of aliphatic hydroxyl groups is 2. The second-order valence-corrected chi connectivity index (χ2v) is 12.7. The first-order chi connectivity index (χ1) is 20.5. The Kier molecular flexibility index (Phi) is 12.9. The van der Waals surface area contributed by atoms with Crippen LogP contribution in [0.3, 0.4) is 0 Å². The van der Waals surface area contributed by atoms with Crippen LogP contribution in [0.15, 0.2) is 48.5 Å². The number of aliphatic hydroxyl groups excluding tert-OH is 2. The zero-order valence-corrected chi connectivity index (χ0v) is 27.0. The molecule has 0 bridgehead atoms. The van der Waals surface area contributed by atoms with Crippen molar-refractivity contribution in [3.05, 3.63) is 70.8 Å². The van der Waals surface area contributed by atoms with E-state index in [2.05, 4.69) is 10.6 Å². The molecule has 2 aromatic carbocycles. The van der Waals surface area contributed by atoms with Crippen LogP contribution in [0.4, 0.5) is 4.79 Å². The Morgan fingerprint density at radius 1 is 0.818 bits per heavy atom. The first kappa shape index (κ1) is 36.2. The molecular weight excluding hydrogens is 566 g/mol. The standard InChI is InChI=1S/C33H47N3O8/c1-21-14-15-24(18-22(21)2)27(36(16-17-37)29(40)26(20-38)35-31(42)44-33(6,7)8)28(39)34-25(30(41)43-32(3,4)5)19-23-12-10-9-11-13-23/h9-15,18,25-27,37-38H,16-17,19-20H2,1-8H3,(H,34,39)(H,35,42). The number of nitrogens with one attached hydrogen (secondary N) is 2. The van der Waals surface area contributed by atoms with Crippen molar-refractivity contribution in [2.24, 2.45) is 0 Å². The van der Waals surface area contributed by atoms with Gasteiger partial charge in [0.1, 0.15) is 29.3 Å². The van der Waals surface area contributed by atoms with Crippen LogP contribution in [-0.4, -0.2) is 82.0 Å². The smallest absolute Gasteiger partial charge is 0.408 e. The number of hydrogen-bond donors (Lipinski definition) is 4. The maximum Gasteiger partial charge on any atom is 0.408 e. The highest BCUT2D eigenvalue weighted by Crippen LogP contribution is 2.25. The third-order valence-electron chi connectivity index (χ3n) is 6.49. The molecule has 0 radical (unpaired) electrons. The molecule has 0 spiro atoms. The summed E-state index contributed by atoms with van der Waals surface area (Å²) in [5.74, 6) is -2.20. The number of rotatable bonds is 12. The van der Waals surface area contributed by atoms with Crippen molar-refractivity contribution in [3.63, 3.8) is 0 Å². The highest BCUT2D eigenvalue weighted by molar-refractivity contribution is 5.94. The van der Waals surface area contributed by atoms with Gasteiger partial charge in [-0.1, -0.05) is 48.5 Å². The Labute approximate surface area is 259 Å². The minimum absolute atomic E-state index is 0.120. The van der Waals surface area contributed by atoms with Crippen molar-refractivity contribution in [2.45, 2.75) is 91.1 Å². The summed E-state index contributed by atoms with van der Waals surface area (Å²) in [6.07, 6.45) is -0.817. The molecule has 3 atom stereocenters. The van der Waals surface area contributed by atoms with Gasteiger partial charge in [0.15, 0.2) is 0 Å². The predicted molar refractivity (Wildman–Crippen MR) is 166 cm³/mol. The zero-order chi connectivity index (χ0) is 33.2. The molecule has 0 aliphatic heterocycles. The number of alkyl carbamates (subject to hydrolysis) is 1. The number of amides is 3. The van der Waals surface area contributed by atoms with E-state index >= 15 is 0 Å². The van der Waals surface area contributed by atoms with Crippen LogP contribution in [0.5, 0.6) is 0 Å². The minimum Gasteiger partial charge on any atom is -0.458 e. The van der Waals surface area contributed by atoms with E-state index < -0.39 is 66.4 Å². The van der Waals surface area contributed by atoms with Crippen molar-refractivity contribution in [3.8, 4) is 0 Å². The maximum absolute atomic E-state index is 14.2. The van der Waals surface area contributed by atoms with Crippen LogP contribution < -0.4 is 10.6 Å². The molecule has 0 aliphatic carbocycles. The molecule has 0 heterocycles. The summed E-state index contributed by atoms with van der Waals surface area (Å²) in [7, 11) is 0. The van der Waals surface area contributed by atoms with E-state index in [4.69, 9.17) is 9.47 Å². The topological polar surface area (TPSA) is 154 Å². The summed E-state index contributed by atoms with van der Waals surface area (Å²) in [6.45, 7) is 12.2. The number of ether oxygens (including phenoxy) is 2. The quantitative estimate of drug-likeness (QED) is 0.266. The lowest BCUT2D eigenvalue weighted by molar-refractivity contribution is -0.159. The molecule has 0 fully saturated rings. The van der Waals surface area contributed by atoms with Gasteiger partial charge in [0.05, 0.1) is 13.2 Å². The Morgan fingerprint density at radius 3 is 1.95 bits per heavy atom. The van der Waals surface area contributed by atoms with E-state index in [1.165, 1.54) is 0 Å². The number of carbonyl (C=O) groups is 4. The average molecular weight is 614 g/mol. The van der Waals surface area contributed by atoms with Crippen LogP contribution >= 0.6 is 0 Å². The van der Waals surface area contributed by atoms with Crippen LogP contribution in [0.2, 0.25) is 0 Å². The third kappa shape index (κ3) is 11.3. The van der Waals surface area contributed by atoms with E-state index in [-0.39, 0.29) is 13.0 Å². The zero-order valence-electron chi connectivity index (χ0n) is 27.0. The van der Waals surface area contributed by atoms with Gasteiger partial charge in [-0.2, -0.15) is 0 Å². The van der Waals surface area contributed by atoms with Crippen LogP contribution in [0, 0.1) is 13.8 Å². The molecule has 11 nitrogen and oxygen atoms in total. The first-order valence-corrected chi connectivity index (χ1v) is 14.6. The molecule has 0 saturated heterocycles. The molecule has 0 saturated carbocycles. The van der Waals surface area contributed by atoms with Crippen LogP contribution in [-0.2, 0) is 30.3 Å². The molecule has 242 valence electrons. The summed E-state index contributed by atoms with van der Waals surface area (Å²) in [5.41, 5.74) is 1.28. The maximum atomic E-state index is 14.2. The van der Waals surface area contributed by atoms with Gasteiger partial charge in [-0.25, -0.2) is 9.59 Å². The largest absolute Gasteiger partial charge is 0.458 e. The van der Waals surface area contributed by atoms with Crippen molar-refractivity contribution < 1.29 is 38.9 Å². The fourth-order valence-corrected chi connectivity index (χ4v) is 4.38. The van der Waals surface area contributed by atoms with Gasteiger partial charge in [-0.3, -0.25) is 9.59 Å². The number of hydrogen-bond acceptors (Lipinski definition) is 8. The van der Waals surface area contributed by atoms with E-state index in [0.29, 0.717) is 5.56 Å². The molecular formula is C33H47N3O8. The second kappa shape index (κ2) is 15.7. The van der Waals surface area contributed by atoms with Gasteiger partial charge >= 0.3 is 12.1 Å². The van der Waals surface area contributed by atoms with Gasteiger partial charge in [0, 0.05) is 13.0 Å². The van der Waals surface area contributed by atoms with Crippen molar-refractivity contribution in [1.82, 2.24) is 15.5 Å². The highest BCUT2D eigenvalue weighted by Gasteiger charge is 2.38. The number of esters is 1. The average Bonchev–Trinajstić information content (AvgIpc) is 2.91. The van der Waals surface area contributed by atoms with Gasteiger partial charge < -0.3 is 35.2 Å². The Balaban J connectivity index is 2.56. The summed E-state index contributed by atoms with van der Waals surface area (Å²) in [4.78, 5) is 54.9. The SMILES string of the molecule is Cc1ccc(C(C(=O)NC(Cc2ccccc2)C(=O)OC(C)(C)C)N(CCO)C(=O)C(CO)NC(=O)OC(C)(C)C)cc1C. The molecule has 2 rings (SSSR count). The van der Waals surface area contributed by atoms with E-state index in [9.17, 15) is 29.4 Å². The lowest BCUT2D eigenvalue weighted by Gasteiger charge is -2.35. The van der Waals surface area contributed by atoms with Crippen LogP contribution in [0.25, 0.3) is 0 Å². The highest BCUT2D eigenvalue weighted by atomic mass is 16.6. The number of benzene rings is 2. The fourth-order valence-electron chi connectivity index (χ4n) is 4.38. The van der Waals surface area contributed by atoms with Gasteiger partial charge in [0.25, 0.3) is 0 Å². The summed E-state index contributed by atoms with van der Waals surface area (Å²) in [6, 6.07) is 10.4. The monoisotopic (exact) mass is 613 g/mol. The lowest BCUT2D eigenvalue weighted by atomic mass is 9.97. The van der Waals surface area contributed by atoms with Gasteiger partial charge in [-0.15, -0.1) is 0 Å². The van der Waals surface area contributed by atoms with Crippen molar-refractivity contribution in [1.29, 1.82) is 0 Å². The van der Waals surface area contributed by atoms with E-state index in [0.717, 1.165) is 21.6 Å². The molecule has 44 heavy (non-hydrogen) atoms. The van der Waals surface area contributed by atoms with Crippen molar-refractivity contribution in [2.75, 3.05) is 19.8 Å². The van der Waals surface area contributed by atoms with Gasteiger partial charge in [-0.05, 0) is 77.6 Å². The number of nitrogens with zero attached hydrogens (tertiary/aromatic N) is 1. The first-order valence-electron chi connectivity index (χ1n) is 14.6. The summed E-state index contributed by atoms with van der Waals surface area (Å²) >= 11 is 0. The molecule has 2 aromatic rings. The Hall–Kier alpha value is -3.96. The van der Waals surface area contributed by atoms with Gasteiger partial charge in [0.2, 0.25) is 11.8 Å². The normalized spacial score (nSPS) is 13.7. The van der Waals surface area contributed by atoms with E-state index in [1.54, 1.807) is 59.7 Å². The second-order valence-electron chi connectivity index (χ2n) is 12.7. The number of carbonyl (C=O) groups excluding carboxylic acids is 4. The molecule has 4 N–H and O–H groups in total. The minimum atomic E-state index is -1.48. The molecule has 3 unspecified atom stereocenters. The molecule has 0 aromatic heterocycles. The summed E-state index contributed by atoms with van der Waals surface area (Å²) < 4.78 is 10.9. The Bertz CT molecular complexity index is 1280. The number of aryl methyl sites for hydroxylation is 2. The molecule has 3 amide bonds. The van der Waals surface area contributed by atoms with E-state index in [1.807, 2.05) is 44.2 Å². The Morgan fingerprint density at radius 2 is 1.43 bits per heavy atom. The molecule has 0 aliphatic rings. The predicted octanol–water partition coefficient (Wildman–Crippen LogP) is 3.12. The van der Waals surface area contributed by atoms with Crippen LogP contribution in [0.1, 0.15) is 69.8 Å². The molecule has 11 heteroatoms. The van der Waals surface area contributed by atoms with Crippen molar-refractivity contribution >= 4 is 23.9 Å². The third-order valence-corrected chi connectivity index (χ3v) is 6.49. The fraction of sp³-hybridized carbons (Fsp3) is 0.515. The summed E-state index contributed by atoms with van der Waals surface area (Å²) in [5, 5.41) is 25.2. The lowest BCUT2D eigenvalue weighted by Crippen LogP contribution is -2.56.